The van der Waals surface area contributed by atoms with E-state index in [9.17, 15) is 34.2 Å². The number of nitrogens with one attached hydrogen (secondary N) is 1. The number of carbonyl (C=O) groups is 5. The average molecular weight is 1090 g/mol. The highest BCUT2D eigenvalue weighted by Gasteiger charge is 2.51. The molecule has 3 aromatic carbocycles. The third-order valence-corrected chi connectivity index (χ3v) is 17.8. The summed E-state index contributed by atoms with van der Waals surface area (Å²) < 4.78 is 45.1. The number of imide groups is 2. The van der Waals surface area contributed by atoms with Gasteiger partial charge in [-0.25, -0.2) is 13.6 Å². The first-order valence-electron chi connectivity index (χ1n) is 28.0. The molecule has 2 unspecified atom stereocenters. The van der Waals surface area contributed by atoms with Crippen LogP contribution in [-0.2, 0) is 20.7 Å². The maximum atomic E-state index is 17.3. The van der Waals surface area contributed by atoms with Crippen molar-refractivity contribution >= 4 is 62.9 Å². The third kappa shape index (κ3) is 9.84. The Hall–Kier alpha value is -7.10. The SMILES string of the molecule is CCc1c(F)ccc2cc(O)cc(-c3ncc4c(N5CCC[C@@](C)(O)C5)nc(OCC56CCCN5[C@@H](COC(=O)N5CCN(CC7CCN(c8ccc9c(c8)C(=O)N(C8CCC(=O)NC8=O)C9=O)CC7)CC5)CC6)nc4c3F)c12. The number of aromatic nitrogens is 3. The fraction of sp³-hybridized carbons (Fsp3) is 0.517. The number of halogens is 2. The van der Waals surface area contributed by atoms with Crippen LogP contribution in [-0.4, -0.2) is 176 Å². The summed E-state index contributed by atoms with van der Waals surface area (Å²) in [6.07, 6.45) is 8.22. The van der Waals surface area contributed by atoms with Crippen molar-refractivity contribution in [2.45, 2.75) is 108 Å². The van der Waals surface area contributed by atoms with E-state index in [-0.39, 0.29) is 89.9 Å². The van der Waals surface area contributed by atoms with Crippen molar-refractivity contribution < 1.29 is 52.4 Å². The number of nitrogens with zero attached hydrogens (tertiary/aromatic N) is 9. The second-order valence-corrected chi connectivity index (χ2v) is 23.0. The second kappa shape index (κ2) is 20.8. The number of piperidine rings is 3. The molecule has 3 N–H and O–H groups in total. The van der Waals surface area contributed by atoms with E-state index in [1.807, 2.05) is 17.9 Å². The minimum Gasteiger partial charge on any atom is -0.508 e. The predicted octanol–water partition coefficient (Wildman–Crippen LogP) is 6.19. The van der Waals surface area contributed by atoms with Crippen LogP contribution in [0.4, 0.5) is 25.1 Å². The van der Waals surface area contributed by atoms with E-state index in [0.717, 1.165) is 88.4 Å². The number of benzene rings is 3. The van der Waals surface area contributed by atoms with E-state index in [1.54, 1.807) is 30.0 Å². The molecule has 79 heavy (non-hydrogen) atoms. The highest BCUT2D eigenvalue weighted by Crippen LogP contribution is 2.44. The Morgan fingerprint density at radius 1 is 0.848 bits per heavy atom. The molecule has 21 heteroatoms. The van der Waals surface area contributed by atoms with E-state index in [2.05, 4.69) is 25.0 Å². The Kier molecular flexibility index (Phi) is 13.9. The van der Waals surface area contributed by atoms with Crippen LogP contribution in [0.1, 0.15) is 104 Å². The number of aromatic hydroxyl groups is 1. The van der Waals surface area contributed by atoms with Crippen molar-refractivity contribution in [3.63, 3.8) is 0 Å². The van der Waals surface area contributed by atoms with Gasteiger partial charge in [0.05, 0.1) is 27.7 Å². The maximum Gasteiger partial charge on any atom is 0.409 e. The van der Waals surface area contributed by atoms with E-state index in [0.29, 0.717) is 72.4 Å². The van der Waals surface area contributed by atoms with Crippen LogP contribution >= 0.6 is 0 Å². The fourth-order valence-electron chi connectivity index (χ4n) is 13.7. The molecule has 5 amide bonds. The van der Waals surface area contributed by atoms with Crippen molar-refractivity contribution in [2.75, 3.05) is 88.5 Å². The Morgan fingerprint density at radius 3 is 2.41 bits per heavy atom. The smallest absolute Gasteiger partial charge is 0.409 e. The highest BCUT2D eigenvalue weighted by atomic mass is 19.1. The van der Waals surface area contributed by atoms with Gasteiger partial charge in [0.15, 0.2) is 5.82 Å². The van der Waals surface area contributed by atoms with Gasteiger partial charge in [0.25, 0.3) is 11.8 Å². The van der Waals surface area contributed by atoms with Gasteiger partial charge in [-0.2, -0.15) is 9.97 Å². The predicted molar refractivity (Wildman–Crippen MR) is 288 cm³/mol. The highest BCUT2D eigenvalue weighted by molar-refractivity contribution is 6.23. The van der Waals surface area contributed by atoms with Gasteiger partial charge in [0.2, 0.25) is 11.8 Å². The minimum absolute atomic E-state index is 0.0146. The Bertz CT molecular complexity index is 3290. The van der Waals surface area contributed by atoms with Crippen molar-refractivity contribution in [1.82, 2.24) is 39.9 Å². The van der Waals surface area contributed by atoms with Gasteiger partial charge in [-0.15, -0.1) is 0 Å². The largest absolute Gasteiger partial charge is 0.508 e. The number of phenols is 1. The number of ether oxygens (including phenoxy) is 2. The molecule has 0 radical (unpaired) electrons. The summed E-state index contributed by atoms with van der Waals surface area (Å²) in [6.45, 7) is 10.7. The molecule has 6 saturated heterocycles. The van der Waals surface area contributed by atoms with Crippen LogP contribution in [0.25, 0.3) is 32.9 Å². The quantitative estimate of drug-likeness (QED) is 0.119. The molecule has 0 aliphatic carbocycles. The molecule has 7 aliphatic heterocycles. The van der Waals surface area contributed by atoms with Crippen molar-refractivity contribution in [3.8, 4) is 23.0 Å². The van der Waals surface area contributed by atoms with Crippen molar-refractivity contribution in [1.29, 1.82) is 0 Å². The second-order valence-electron chi connectivity index (χ2n) is 23.0. The Balaban J connectivity index is 0.657. The number of hydrogen-bond donors (Lipinski definition) is 3. The van der Waals surface area contributed by atoms with Crippen molar-refractivity contribution in [2.24, 2.45) is 5.92 Å². The van der Waals surface area contributed by atoms with Gasteiger partial charge < -0.3 is 34.4 Å². The maximum absolute atomic E-state index is 17.3. The number of β-amino-alcohol motifs (C(OH)–C–C–N with tert-alkyl or cyclic N) is 1. The fourth-order valence-corrected chi connectivity index (χ4v) is 13.7. The first-order valence-corrected chi connectivity index (χ1v) is 28.0. The molecule has 12 rings (SSSR count). The number of pyridine rings is 1. The summed E-state index contributed by atoms with van der Waals surface area (Å²) in [5.74, 6) is -2.55. The summed E-state index contributed by atoms with van der Waals surface area (Å²) in [5.41, 5.74) is 0.482. The lowest BCUT2D eigenvalue weighted by atomic mass is 9.94. The van der Waals surface area contributed by atoms with E-state index < -0.39 is 46.9 Å². The number of aryl methyl sites for hydroxylation is 1. The number of aliphatic hydroxyl groups is 1. The molecular formula is C58H66F2N10O9. The lowest BCUT2D eigenvalue weighted by Crippen LogP contribution is -2.54. The van der Waals surface area contributed by atoms with Gasteiger partial charge in [-0.3, -0.25) is 44.2 Å². The minimum atomic E-state index is -1.01. The topological polar surface area (TPSA) is 214 Å². The standard InChI is InChI=1S/C58H66F2N10O9/c1-3-39-44(59)9-6-35-26-38(71)28-42(47(35)39)49-48(60)50-43(29-61-49)51(68-18-4-15-57(2,77)32-68)64-55(63-50)79-33-58-16-5-19-69(58)37(12-17-58)31-78-56(76)67-24-22-65(23-25-67)30-34-13-20-66(21-14-34)36-7-8-40-41(27-36)54(75)70(53(40)74)45-10-11-46(72)62-52(45)73/h6-9,26-29,34,37,45,71,77H,3-5,10-25,30-33H2,1-2H3,(H,62,72,73)/t37-,45?,57-,58?/m1/s1. The molecule has 7 aliphatic rings. The molecule has 416 valence electrons. The molecule has 4 atom stereocenters. The lowest BCUT2D eigenvalue weighted by Gasteiger charge is -2.39. The molecule has 19 nitrogen and oxygen atoms in total. The number of carbonyl (C=O) groups excluding carboxylic acids is 5. The zero-order chi connectivity index (χ0) is 54.9. The van der Waals surface area contributed by atoms with Gasteiger partial charge in [0.1, 0.15) is 47.9 Å². The average Bonchev–Trinajstić information content (AvgIpc) is 4.31. The van der Waals surface area contributed by atoms with Crippen LogP contribution in [0.15, 0.2) is 48.7 Å². The number of fused-ring (bicyclic) bond motifs is 4. The molecule has 2 aromatic heterocycles. The summed E-state index contributed by atoms with van der Waals surface area (Å²) in [5, 5.41) is 25.5. The van der Waals surface area contributed by atoms with Gasteiger partial charge in [0, 0.05) is 88.8 Å². The van der Waals surface area contributed by atoms with Gasteiger partial charge in [-0.05, 0) is 136 Å². The summed E-state index contributed by atoms with van der Waals surface area (Å²) in [4.78, 5) is 90.3. The number of phenolic OH excluding ortho intramolecular Hbond substituents is 1. The zero-order valence-electron chi connectivity index (χ0n) is 44.6. The van der Waals surface area contributed by atoms with Gasteiger partial charge >= 0.3 is 12.1 Å². The molecule has 0 saturated carbocycles. The molecule has 6 fully saturated rings. The summed E-state index contributed by atoms with van der Waals surface area (Å²) in [7, 11) is 0. The number of anilines is 2. The third-order valence-electron chi connectivity index (χ3n) is 17.8. The van der Waals surface area contributed by atoms with E-state index in [1.165, 1.54) is 24.4 Å². The van der Waals surface area contributed by atoms with Gasteiger partial charge in [-0.1, -0.05) is 13.0 Å². The zero-order valence-corrected chi connectivity index (χ0v) is 44.6. The van der Waals surface area contributed by atoms with E-state index in [4.69, 9.17) is 19.4 Å². The summed E-state index contributed by atoms with van der Waals surface area (Å²) >= 11 is 0. The molecule has 9 heterocycles. The number of piperazine rings is 1. The van der Waals surface area contributed by atoms with Crippen LogP contribution in [0.5, 0.6) is 11.8 Å². The van der Waals surface area contributed by atoms with Crippen LogP contribution in [0, 0.1) is 17.6 Å². The van der Waals surface area contributed by atoms with Crippen LogP contribution in [0.2, 0.25) is 0 Å². The monoisotopic (exact) mass is 1080 g/mol. The molecule has 5 aromatic rings. The molecule has 0 bridgehead atoms. The number of amides is 5. The van der Waals surface area contributed by atoms with Crippen LogP contribution in [0.3, 0.4) is 0 Å². The number of rotatable bonds is 12. The Morgan fingerprint density at radius 2 is 1.63 bits per heavy atom. The first-order chi connectivity index (χ1) is 38.1. The molecule has 0 spiro atoms. The number of hydrogen-bond acceptors (Lipinski definition) is 16. The van der Waals surface area contributed by atoms with Crippen molar-refractivity contribution in [3.05, 3.63) is 77.0 Å². The first kappa shape index (κ1) is 52.6. The van der Waals surface area contributed by atoms with Crippen LogP contribution < -0.4 is 19.9 Å². The summed E-state index contributed by atoms with van der Waals surface area (Å²) in [6, 6.07) is 10.0. The molecular weight excluding hydrogens is 1020 g/mol. The Labute approximate surface area is 455 Å². The lowest BCUT2D eigenvalue weighted by molar-refractivity contribution is -0.136. The normalized spacial score (nSPS) is 25.2. The van der Waals surface area contributed by atoms with E-state index >= 15 is 8.78 Å².